The van der Waals surface area contributed by atoms with Gasteiger partial charge in [-0.05, 0) is 54.2 Å². The lowest BCUT2D eigenvalue weighted by atomic mass is 10.3. The Balaban J connectivity index is 1.83. The largest absolute Gasteiger partial charge is 0.351 e. The molecule has 1 fully saturated rings. The summed E-state index contributed by atoms with van der Waals surface area (Å²) in [5, 5.41) is 3.99. The highest BCUT2D eigenvalue weighted by atomic mass is 35.5. The van der Waals surface area contributed by atoms with Gasteiger partial charge in [0.25, 0.3) is 5.91 Å². The van der Waals surface area contributed by atoms with Crippen LogP contribution >= 0.6 is 23.4 Å². The molecule has 0 atom stereocenters. The fourth-order valence-corrected chi connectivity index (χ4v) is 2.82. The Labute approximate surface area is 131 Å². The van der Waals surface area contributed by atoms with Gasteiger partial charge in [-0.3, -0.25) is 4.79 Å². The minimum absolute atomic E-state index is 0.131. The number of rotatable bonds is 2. The van der Waals surface area contributed by atoms with E-state index in [4.69, 9.17) is 11.6 Å². The summed E-state index contributed by atoms with van der Waals surface area (Å²) in [6, 6.07) is 11.0. The number of hydrogen-bond donors (Lipinski definition) is 1. The van der Waals surface area contributed by atoms with Gasteiger partial charge in [0.15, 0.2) is 5.17 Å². The highest BCUT2D eigenvalue weighted by Gasteiger charge is 2.24. The maximum absolute atomic E-state index is 12.0. The van der Waals surface area contributed by atoms with E-state index in [2.05, 4.69) is 10.3 Å². The lowest BCUT2D eigenvalue weighted by Crippen LogP contribution is -2.19. The zero-order valence-electron chi connectivity index (χ0n) is 11.2. The zero-order valence-corrected chi connectivity index (χ0v) is 12.8. The number of hydrogen-bond acceptors (Lipinski definition) is 3. The summed E-state index contributed by atoms with van der Waals surface area (Å²) < 4.78 is 1.95. The van der Waals surface area contributed by atoms with Crippen molar-refractivity contribution in [3.63, 3.8) is 0 Å². The molecule has 1 saturated heterocycles. The molecule has 1 aliphatic rings. The van der Waals surface area contributed by atoms with Gasteiger partial charge in [0.2, 0.25) is 0 Å². The number of aliphatic imine (C=N–C) groups is 1. The Morgan fingerprint density at radius 1 is 1.29 bits per heavy atom. The van der Waals surface area contributed by atoms with Gasteiger partial charge in [-0.2, -0.15) is 0 Å². The maximum atomic E-state index is 12.0. The van der Waals surface area contributed by atoms with Crippen LogP contribution in [0, 0.1) is 0 Å². The molecule has 1 N–H and O–H groups in total. The molecular weight excluding hydrogens is 306 g/mol. The fourth-order valence-electron chi connectivity index (χ4n) is 1.87. The number of thioether (sulfide) groups is 1. The molecule has 0 saturated carbocycles. The van der Waals surface area contributed by atoms with Crippen LogP contribution in [0.15, 0.2) is 52.5 Å². The van der Waals surface area contributed by atoms with E-state index in [1.807, 2.05) is 36.0 Å². The molecule has 0 bridgehead atoms. The number of carbonyl (C=O) groups excluding carboxylic acids is 1. The number of halogens is 1. The van der Waals surface area contributed by atoms with Crippen LogP contribution in [0.2, 0.25) is 5.02 Å². The van der Waals surface area contributed by atoms with E-state index < -0.39 is 0 Å². The Morgan fingerprint density at radius 3 is 2.71 bits per heavy atom. The van der Waals surface area contributed by atoms with Crippen LogP contribution in [0.25, 0.3) is 6.08 Å². The smallest absolute Gasteiger partial charge is 0.264 e. The number of nitrogens with one attached hydrogen (secondary N) is 1. The normalized spacial score (nSPS) is 18.5. The Morgan fingerprint density at radius 2 is 2.05 bits per heavy atom. The summed E-state index contributed by atoms with van der Waals surface area (Å²) in [5.74, 6) is -0.131. The third-order valence-electron chi connectivity index (χ3n) is 2.97. The van der Waals surface area contributed by atoms with Gasteiger partial charge < -0.3 is 9.88 Å². The molecule has 3 rings (SSSR count). The predicted octanol–water partition coefficient (Wildman–Crippen LogP) is 3.57. The number of aryl methyl sites for hydroxylation is 1. The van der Waals surface area contributed by atoms with E-state index in [1.165, 1.54) is 11.8 Å². The highest BCUT2D eigenvalue weighted by molar-refractivity contribution is 8.18. The second kappa shape index (κ2) is 5.79. The van der Waals surface area contributed by atoms with E-state index in [1.54, 1.807) is 24.3 Å². The van der Waals surface area contributed by atoms with Crippen molar-refractivity contribution in [3.05, 3.63) is 58.2 Å². The quantitative estimate of drug-likeness (QED) is 0.861. The minimum Gasteiger partial charge on any atom is -0.351 e. The fraction of sp³-hybridized carbons (Fsp3) is 0.0667. The Bertz CT molecular complexity index is 747. The Hall–Kier alpha value is -1.98. The average Bonchev–Trinajstić information content (AvgIpc) is 3.00. The van der Waals surface area contributed by atoms with E-state index in [9.17, 15) is 4.79 Å². The van der Waals surface area contributed by atoms with Gasteiger partial charge in [0, 0.05) is 24.0 Å². The van der Waals surface area contributed by atoms with Crippen LogP contribution < -0.4 is 5.32 Å². The van der Waals surface area contributed by atoms with Gasteiger partial charge >= 0.3 is 0 Å². The molecule has 0 unspecified atom stereocenters. The van der Waals surface area contributed by atoms with Gasteiger partial charge in [0.05, 0.1) is 10.6 Å². The van der Waals surface area contributed by atoms with Crippen LogP contribution in [0.5, 0.6) is 0 Å². The molecule has 4 nitrogen and oxygen atoms in total. The molecule has 0 radical (unpaired) electrons. The van der Waals surface area contributed by atoms with Gasteiger partial charge in [-0.25, -0.2) is 4.99 Å². The maximum Gasteiger partial charge on any atom is 0.264 e. The molecule has 2 aromatic rings. The summed E-state index contributed by atoms with van der Waals surface area (Å²) in [6.07, 6.45) is 3.79. The van der Waals surface area contributed by atoms with Crippen LogP contribution in [0.1, 0.15) is 5.69 Å². The minimum atomic E-state index is -0.131. The van der Waals surface area contributed by atoms with Crippen molar-refractivity contribution < 1.29 is 4.79 Å². The predicted molar refractivity (Wildman–Crippen MR) is 87.7 cm³/mol. The van der Waals surface area contributed by atoms with Crippen molar-refractivity contribution in [1.82, 2.24) is 9.88 Å². The highest BCUT2D eigenvalue weighted by Crippen LogP contribution is 2.28. The van der Waals surface area contributed by atoms with E-state index in [0.29, 0.717) is 15.1 Å². The van der Waals surface area contributed by atoms with Crippen LogP contribution in [0.4, 0.5) is 5.69 Å². The van der Waals surface area contributed by atoms with Gasteiger partial charge in [-0.1, -0.05) is 11.6 Å². The van der Waals surface area contributed by atoms with E-state index >= 15 is 0 Å². The zero-order chi connectivity index (χ0) is 14.8. The molecule has 1 amide bonds. The van der Waals surface area contributed by atoms with Crippen molar-refractivity contribution in [2.75, 3.05) is 0 Å². The van der Waals surface area contributed by atoms with Crippen molar-refractivity contribution in [1.29, 1.82) is 0 Å². The van der Waals surface area contributed by atoms with Gasteiger partial charge in [-0.15, -0.1) is 0 Å². The van der Waals surface area contributed by atoms with E-state index in [-0.39, 0.29) is 5.91 Å². The molecule has 106 valence electrons. The first-order chi connectivity index (χ1) is 10.1. The number of benzene rings is 1. The van der Waals surface area contributed by atoms with Crippen molar-refractivity contribution >= 4 is 46.2 Å². The molecule has 1 aromatic carbocycles. The molecular formula is C15H12ClN3OS. The first-order valence-electron chi connectivity index (χ1n) is 6.28. The second-order valence-electron chi connectivity index (χ2n) is 4.50. The standard InChI is InChI=1S/C15H12ClN3OS/c1-19-8-2-3-12(19)9-13-14(20)18-15(21-13)17-11-6-4-10(16)5-7-11/h2-9H,1H3,(H,17,18,20). The number of amides is 1. The summed E-state index contributed by atoms with van der Waals surface area (Å²) in [5.41, 5.74) is 1.72. The molecule has 21 heavy (non-hydrogen) atoms. The molecule has 2 heterocycles. The van der Waals surface area contributed by atoms with Crippen molar-refractivity contribution in [2.45, 2.75) is 0 Å². The van der Waals surface area contributed by atoms with Gasteiger partial charge in [0.1, 0.15) is 0 Å². The van der Waals surface area contributed by atoms with Crippen LogP contribution in [-0.4, -0.2) is 15.6 Å². The number of carbonyl (C=O) groups is 1. The summed E-state index contributed by atoms with van der Waals surface area (Å²) in [7, 11) is 1.94. The topological polar surface area (TPSA) is 46.4 Å². The van der Waals surface area contributed by atoms with Crippen molar-refractivity contribution in [3.8, 4) is 0 Å². The van der Waals surface area contributed by atoms with Crippen molar-refractivity contribution in [2.24, 2.45) is 12.0 Å². The molecule has 0 spiro atoms. The lowest BCUT2D eigenvalue weighted by Gasteiger charge is -1.97. The van der Waals surface area contributed by atoms with Crippen LogP contribution in [-0.2, 0) is 11.8 Å². The SMILES string of the molecule is Cn1cccc1C=C1SC(=Nc2ccc(Cl)cc2)NC1=O. The van der Waals surface area contributed by atoms with Crippen LogP contribution in [0.3, 0.4) is 0 Å². The average molecular weight is 318 g/mol. The molecule has 0 aliphatic carbocycles. The Kier molecular flexibility index (Phi) is 3.86. The van der Waals surface area contributed by atoms with E-state index in [0.717, 1.165) is 11.4 Å². The molecule has 1 aromatic heterocycles. The first-order valence-corrected chi connectivity index (χ1v) is 7.48. The summed E-state index contributed by atoms with van der Waals surface area (Å²) in [6.45, 7) is 0. The third-order valence-corrected chi connectivity index (χ3v) is 4.13. The molecule has 1 aliphatic heterocycles. The monoisotopic (exact) mass is 317 g/mol. The number of amidine groups is 1. The number of aromatic nitrogens is 1. The molecule has 6 heteroatoms. The summed E-state index contributed by atoms with van der Waals surface area (Å²) in [4.78, 5) is 17.0. The first kappa shape index (κ1) is 14.0. The lowest BCUT2D eigenvalue weighted by molar-refractivity contribution is -0.115. The third kappa shape index (κ3) is 3.20. The number of nitrogens with zero attached hydrogens (tertiary/aromatic N) is 2. The summed E-state index contributed by atoms with van der Waals surface area (Å²) >= 11 is 7.16. The second-order valence-corrected chi connectivity index (χ2v) is 5.97.